The molecule has 1 atom stereocenters. The molecule has 0 unspecified atom stereocenters. The van der Waals surface area contributed by atoms with E-state index in [0.29, 0.717) is 31.3 Å². The van der Waals surface area contributed by atoms with Gasteiger partial charge in [-0.15, -0.1) is 0 Å². The number of aromatic nitrogens is 1. The molecule has 1 aromatic heterocycles. The van der Waals surface area contributed by atoms with Gasteiger partial charge in [0.25, 0.3) is 5.91 Å². The Kier molecular flexibility index (Phi) is 10.7. The predicted octanol–water partition coefficient (Wildman–Crippen LogP) is 5.29. The Bertz CT molecular complexity index is 971. The van der Waals surface area contributed by atoms with E-state index in [9.17, 15) is 9.59 Å². The highest BCUT2D eigenvalue weighted by molar-refractivity contribution is 5.90. The number of nitrogens with one attached hydrogen (secondary N) is 1. The number of hydrogen-bond acceptors (Lipinski definition) is 4. The molecule has 36 heavy (non-hydrogen) atoms. The van der Waals surface area contributed by atoms with E-state index in [0.717, 1.165) is 62.0 Å². The molecule has 1 N–H and O–H groups in total. The van der Waals surface area contributed by atoms with Gasteiger partial charge < -0.3 is 15.0 Å². The maximum Gasteiger partial charge on any atom is 0.322 e. The second kappa shape index (κ2) is 14.0. The average molecular weight is 495 g/mol. The smallest absolute Gasteiger partial charge is 0.322 e. The van der Waals surface area contributed by atoms with E-state index in [-0.39, 0.29) is 11.9 Å². The second-order valence-corrected chi connectivity index (χ2v) is 9.73. The fourth-order valence-corrected chi connectivity index (χ4v) is 4.44. The van der Waals surface area contributed by atoms with E-state index in [1.54, 1.807) is 11.9 Å². The SMILES string of the molecule is CCCCCNC(=O)N(C)c1cccc(-c2ccc(C[C@H](OCC)C(=O)N3CCC(C)CC3)cc2)n1. The predicted molar refractivity (Wildman–Crippen MR) is 145 cm³/mol. The highest BCUT2D eigenvalue weighted by atomic mass is 16.5. The second-order valence-electron chi connectivity index (χ2n) is 9.73. The number of carbonyl (C=O) groups excluding carboxylic acids is 2. The number of amides is 3. The molecule has 196 valence electrons. The Hall–Kier alpha value is -2.93. The zero-order valence-corrected chi connectivity index (χ0v) is 22.3. The first-order valence-corrected chi connectivity index (χ1v) is 13.4. The zero-order valence-electron chi connectivity index (χ0n) is 22.3. The quantitative estimate of drug-likeness (QED) is 0.431. The number of piperidine rings is 1. The van der Waals surface area contributed by atoms with Crippen molar-refractivity contribution >= 4 is 17.8 Å². The lowest BCUT2D eigenvalue weighted by molar-refractivity contribution is -0.144. The van der Waals surface area contributed by atoms with Crippen molar-refractivity contribution in [1.82, 2.24) is 15.2 Å². The molecule has 2 aromatic rings. The number of hydrogen-bond donors (Lipinski definition) is 1. The third-order valence-corrected chi connectivity index (χ3v) is 6.85. The third kappa shape index (κ3) is 7.79. The molecule has 7 nitrogen and oxygen atoms in total. The third-order valence-electron chi connectivity index (χ3n) is 6.85. The lowest BCUT2D eigenvalue weighted by Gasteiger charge is -2.33. The highest BCUT2D eigenvalue weighted by Gasteiger charge is 2.27. The molecule has 0 spiro atoms. The van der Waals surface area contributed by atoms with E-state index >= 15 is 0 Å². The van der Waals surface area contributed by atoms with E-state index in [1.807, 2.05) is 54.3 Å². The number of pyridine rings is 1. The number of rotatable bonds is 11. The lowest BCUT2D eigenvalue weighted by Crippen LogP contribution is -2.45. The minimum atomic E-state index is -0.458. The molecule has 3 amide bonds. The molecule has 2 heterocycles. The number of benzene rings is 1. The van der Waals surface area contributed by atoms with Crippen LogP contribution in [0.15, 0.2) is 42.5 Å². The van der Waals surface area contributed by atoms with Gasteiger partial charge in [-0.3, -0.25) is 9.69 Å². The molecule has 1 aromatic carbocycles. The number of likely N-dealkylation sites (tertiary alicyclic amines) is 1. The normalized spacial score (nSPS) is 14.9. The molecule has 1 saturated heterocycles. The van der Waals surface area contributed by atoms with Gasteiger partial charge >= 0.3 is 6.03 Å². The molecule has 1 aliphatic rings. The molecule has 0 bridgehead atoms. The minimum Gasteiger partial charge on any atom is -0.368 e. The Morgan fingerprint density at radius 3 is 2.50 bits per heavy atom. The number of ether oxygens (including phenoxy) is 1. The van der Waals surface area contributed by atoms with Crippen molar-refractivity contribution in [2.24, 2.45) is 5.92 Å². The first-order valence-electron chi connectivity index (χ1n) is 13.4. The number of unbranched alkanes of at least 4 members (excludes halogenated alkanes) is 2. The average Bonchev–Trinajstić information content (AvgIpc) is 2.91. The van der Waals surface area contributed by atoms with Crippen LogP contribution in [0.3, 0.4) is 0 Å². The van der Waals surface area contributed by atoms with Crippen LogP contribution < -0.4 is 10.2 Å². The fourth-order valence-electron chi connectivity index (χ4n) is 4.44. The van der Waals surface area contributed by atoms with Crippen LogP contribution in [0.25, 0.3) is 11.3 Å². The van der Waals surface area contributed by atoms with Gasteiger partial charge in [0, 0.05) is 45.3 Å². The summed E-state index contributed by atoms with van der Waals surface area (Å²) in [6, 6.07) is 13.6. The van der Waals surface area contributed by atoms with Gasteiger partial charge in [0.1, 0.15) is 11.9 Å². The van der Waals surface area contributed by atoms with E-state index in [2.05, 4.69) is 19.2 Å². The van der Waals surface area contributed by atoms with Crippen LogP contribution in [-0.4, -0.2) is 61.2 Å². The molecule has 0 radical (unpaired) electrons. The summed E-state index contributed by atoms with van der Waals surface area (Å²) < 4.78 is 5.86. The largest absolute Gasteiger partial charge is 0.368 e. The van der Waals surface area contributed by atoms with Crippen LogP contribution in [0.4, 0.5) is 10.6 Å². The Balaban J connectivity index is 1.64. The van der Waals surface area contributed by atoms with Crippen molar-refractivity contribution < 1.29 is 14.3 Å². The number of nitrogens with zero attached hydrogens (tertiary/aromatic N) is 3. The van der Waals surface area contributed by atoms with Crippen LogP contribution in [0.2, 0.25) is 0 Å². The van der Waals surface area contributed by atoms with Crippen molar-refractivity contribution in [1.29, 1.82) is 0 Å². The first-order chi connectivity index (χ1) is 17.4. The number of carbonyl (C=O) groups is 2. The zero-order chi connectivity index (χ0) is 25.9. The van der Waals surface area contributed by atoms with Gasteiger partial charge in [0.05, 0.1) is 5.69 Å². The van der Waals surface area contributed by atoms with Gasteiger partial charge in [0.15, 0.2) is 0 Å². The van der Waals surface area contributed by atoms with Gasteiger partial charge in [-0.2, -0.15) is 0 Å². The Morgan fingerprint density at radius 2 is 1.83 bits per heavy atom. The maximum atomic E-state index is 13.1. The summed E-state index contributed by atoms with van der Waals surface area (Å²) in [5, 5.41) is 2.95. The molecular weight excluding hydrogens is 452 g/mol. The summed E-state index contributed by atoms with van der Waals surface area (Å²) in [7, 11) is 1.73. The summed E-state index contributed by atoms with van der Waals surface area (Å²) in [5.41, 5.74) is 2.81. The minimum absolute atomic E-state index is 0.0956. The summed E-state index contributed by atoms with van der Waals surface area (Å²) in [4.78, 5) is 33.8. The molecule has 1 aliphatic heterocycles. The van der Waals surface area contributed by atoms with E-state index in [1.165, 1.54) is 0 Å². The summed E-state index contributed by atoms with van der Waals surface area (Å²) in [5.74, 6) is 1.37. The maximum absolute atomic E-state index is 13.1. The Labute approximate surface area is 216 Å². The molecule has 0 saturated carbocycles. The summed E-state index contributed by atoms with van der Waals surface area (Å²) in [6.45, 7) is 9.13. The van der Waals surface area contributed by atoms with Gasteiger partial charge in [0.2, 0.25) is 0 Å². The van der Waals surface area contributed by atoms with Crippen molar-refractivity contribution in [3.05, 3.63) is 48.0 Å². The van der Waals surface area contributed by atoms with Crippen molar-refractivity contribution in [3.8, 4) is 11.3 Å². The van der Waals surface area contributed by atoms with Crippen LogP contribution in [0.5, 0.6) is 0 Å². The lowest BCUT2D eigenvalue weighted by atomic mass is 9.98. The number of anilines is 1. The van der Waals surface area contributed by atoms with Crippen molar-refractivity contribution in [2.45, 2.75) is 65.4 Å². The Morgan fingerprint density at radius 1 is 1.11 bits per heavy atom. The van der Waals surface area contributed by atoms with Crippen molar-refractivity contribution in [2.75, 3.05) is 38.2 Å². The van der Waals surface area contributed by atoms with Crippen molar-refractivity contribution in [3.63, 3.8) is 0 Å². The topological polar surface area (TPSA) is 74.8 Å². The molecule has 7 heteroatoms. The highest BCUT2D eigenvalue weighted by Crippen LogP contribution is 2.23. The van der Waals surface area contributed by atoms with Crippen LogP contribution >= 0.6 is 0 Å². The van der Waals surface area contributed by atoms with Gasteiger partial charge in [-0.1, -0.05) is 57.0 Å². The molecule has 1 fully saturated rings. The monoisotopic (exact) mass is 494 g/mol. The van der Waals surface area contributed by atoms with Gasteiger partial charge in [-0.05, 0) is 49.8 Å². The van der Waals surface area contributed by atoms with Crippen LogP contribution in [0, 0.1) is 5.92 Å². The van der Waals surface area contributed by atoms with E-state index < -0.39 is 6.10 Å². The summed E-state index contributed by atoms with van der Waals surface area (Å²) >= 11 is 0. The van der Waals surface area contributed by atoms with Crippen LogP contribution in [0.1, 0.15) is 58.4 Å². The molecule has 0 aliphatic carbocycles. The first kappa shape index (κ1) is 27.7. The van der Waals surface area contributed by atoms with Crippen LogP contribution in [-0.2, 0) is 16.0 Å². The number of urea groups is 1. The fraction of sp³-hybridized carbons (Fsp3) is 0.552. The standard InChI is InChI=1S/C29H42N4O3/c1-5-7-8-18-30-29(35)32(4)27-11-9-10-25(31-27)24-14-12-23(13-15-24)21-26(36-6-2)28(34)33-19-16-22(3)17-20-33/h9-15,22,26H,5-8,16-21H2,1-4H3,(H,30,35)/t26-/m0/s1. The van der Waals surface area contributed by atoms with Gasteiger partial charge in [-0.25, -0.2) is 9.78 Å². The molecule has 3 rings (SSSR count). The van der Waals surface area contributed by atoms with E-state index in [4.69, 9.17) is 9.72 Å². The summed E-state index contributed by atoms with van der Waals surface area (Å²) in [6.07, 6.45) is 5.40. The molecular formula is C29H42N4O3.